The number of rotatable bonds is 2. The summed E-state index contributed by atoms with van der Waals surface area (Å²) < 4.78 is 41.0. The van der Waals surface area contributed by atoms with Gasteiger partial charge in [-0.05, 0) is 47.4 Å². The fourth-order valence-corrected chi connectivity index (χ4v) is 3.92. The maximum atomic E-state index is 13.0. The fraction of sp³-hybridized carbons (Fsp3) is 0.160. The van der Waals surface area contributed by atoms with E-state index in [0.717, 1.165) is 36.6 Å². The highest BCUT2D eigenvalue weighted by Gasteiger charge is 2.30. The topological polar surface area (TPSA) is 20.5 Å². The van der Waals surface area contributed by atoms with Crippen molar-refractivity contribution in [2.45, 2.75) is 25.8 Å². The van der Waals surface area contributed by atoms with Crippen LogP contribution in [0.1, 0.15) is 33.6 Å². The van der Waals surface area contributed by atoms with Gasteiger partial charge in [0.1, 0.15) is 11.3 Å². The standard InChI is InChI=1S/C25H18F3N3/c26-25(27,28)21-9-5-6-18(14-21)11-12-23-22(29-24-10-3-4-13-31(23)24)17-30-15-19-7-1-2-8-20(19)16-30/h1-10,13-14H,15-17H2. The van der Waals surface area contributed by atoms with Crippen LogP contribution in [0.5, 0.6) is 0 Å². The Morgan fingerprint density at radius 2 is 1.61 bits per heavy atom. The highest BCUT2D eigenvalue weighted by molar-refractivity contribution is 5.51. The molecule has 0 spiro atoms. The minimum absolute atomic E-state index is 0.320. The number of pyridine rings is 1. The maximum absolute atomic E-state index is 13.0. The number of aromatic nitrogens is 2. The second kappa shape index (κ2) is 7.60. The lowest BCUT2D eigenvalue weighted by Crippen LogP contribution is -2.16. The first kappa shape index (κ1) is 19.4. The van der Waals surface area contributed by atoms with Gasteiger partial charge < -0.3 is 0 Å². The van der Waals surface area contributed by atoms with E-state index in [1.807, 2.05) is 40.9 Å². The summed E-state index contributed by atoms with van der Waals surface area (Å²) in [4.78, 5) is 7.04. The summed E-state index contributed by atoms with van der Waals surface area (Å²) in [6.07, 6.45) is -2.52. The molecule has 5 rings (SSSR count). The van der Waals surface area contributed by atoms with Crippen molar-refractivity contribution in [3.63, 3.8) is 0 Å². The van der Waals surface area contributed by atoms with E-state index in [1.165, 1.54) is 17.2 Å². The molecule has 3 heterocycles. The molecule has 0 fully saturated rings. The van der Waals surface area contributed by atoms with Crippen LogP contribution in [-0.2, 0) is 25.8 Å². The molecule has 6 heteroatoms. The minimum Gasteiger partial charge on any atom is -0.293 e. The molecule has 0 N–H and O–H groups in total. The van der Waals surface area contributed by atoms with Crippen molar-refractivity contribution < 1.29 is 13.2 Å². The molecule has 0 bridgehead atoms. The number of imidazole rings is 1. The number of hydrogen-bond acceptors (Lipinski definition) is 2. The molecule has 0 aliphatic carbocycles. The Labute approximate surface area is 177 Å². The summed E-state index contributed by atoms with van der Waals surface area (Å²) >= 11 is 0. The van der Waals surface area contributed by atoms with Crippen molar-refractivity contribution in [2.75, 3.05) is 0 Å². The Bertz CT molecular complexity index is 1300. The molecule has 2 aromatic carbocycles. The van der Waals surface area contributed by atoms with Crippen molar-refractivity contribution >= 4 is 5.65 Å². The predicted octanol–water partition coefficient (Wildman–Crippen LogP) is 5.27. The lowest BCUT2D eigenvalue weighted by atomic mass is 10.1. The highest BCUT2D eigenvalue weighted by Crippen LogP contribution is 2.29. The molecule has 4 aromatic rings. The summed E-state index contributed by atoms with van der Waals surface area (Å²) in [5, 5.41) is 0. The van der Waals surface area contributed by atoms with Crippen LogP contribution in [0.2, 0.25) is 0 Å². The van der Waals surface area contributed by atoms with Gasteiger partial charge in [0.2, 0.25) is 0 Å². The van der Waals surface area contributed by atoms with Gasteiger partial charge in [0.25, 0.3) is 0 Å². The second-order valence-corrected chi connectivity index (χ2v) is 7.58. The van der Waals surface area contributed by atoms with Gasteiger partial charge >= 0.3 is 6.18 Å². The molecule has 0 radical (unpaired) electrons. The molecule has 0 saturated heterocycles. The van der Waals surface area contributed by atoms with E-state index < -0.39 is 11.7 Å². The zero-order chi connectivity index (χ0) is 21.4. The molecule has 0 unspecified atom stereocenters. The Balaban J connectivity index is 1.49. The average Bonchev–Trinajstić information content (AvgIpc) is 3.32. The maximum Gasteiger partial charge on any atom is 0.416 e. The summed E-state index contributed by atoms with van der Waals surface area (Å²) in [7, 11) is 0. The first-order valence-electron chi connectivity index (χ1n) is 9.92. The number of nitrogens with zero attached hydrogens (tertiary/aromatic N) is 3. The zero-order valence-electron chi connectivity index (χ0n) is 16.5. The lowest BCUT2D eigenvalue weighted by Gasteiger charge is -2.13. The van der Waals surface area contributed by atoms with E-state index in [2.05, 4.69) is 28.9 Å². The van der Waals surface area contributed by atoms with Gasteiger partial charge in [-0.1, -0.05) is 42.3 Å². The third-order valence-corrected chi connectivity index (χ3v) is 5.40. The number of alkyl halides is 3. The molecule has 2 aromatic heterocycles. The van der Waals surface area contributed by atoms with Crippen LogP contribution in [0.3, 0.4) is 0 Å². The van der Waals surface area contributed by atoms with Crippen molar-refractivity contribution in [2.24, 2.45) is 0 Å². The van der Waals surface area contributed by atoms with Crippen molar-refractivity contribution in [3.8, 4) is 11.8 Å². The normalized spacial score (nSPS) is 13.8. The van der Waals surface area contributed by atoms with E-state index in [-0.39, 0.29) is 0 Å². The van der Waals surface area contributed by atoms with Crippen LogP contribution in [0.15, 0.2) is 72.9 Å². The molecule has 0 atom stereocenters. The Morgan fingerprint density at radius 3 is 2.35 bits per heavy atom. The predicted molar refractivity (Wildman–Crippen MR) is 112 cm³/mol. The third-order valence-electron chi connectivity index (χ3n) is 5.40. The van der Waals surface area contributed by atoms with Gasteiger partial charge in [-0.2, -0.15) is 13.2 Å². The van der Waals surface area contributed by atoms with Crippen molar-refractivity contribution in [1.82, 2.24) is 14.3 Å². The Morgan fingerprint density at radius 1 is 0.871 bits per heavy atom. The van der Waals surface area contributed by atoms with Crippen LogP contribution in [0.25, 0.3) is 5.65 Å². The molecule has 154 valence electrons. The molecular weight excluding hydrogens is 399 g/mol. The number of halogens is 3. The molecule has 31 heavy (non-hydrogen) atoms. The quantitative estimate of drug-likeness (QED) is 0.414. The van der Waals surface area contributed by atoms with Crippen LogP contribution < -0.4 is 0 Å². The summed E-state index contributed by atoms with van der Waals surface area (Å²) in [5.41, 5.74) is 4.52. The number of hydrogen-bond donors (Lipinski definition) is 0. The Hall–Kier alpha value is -3.56. The van der Waals surface area contributed by atoms with Gasteiger partial charge in [-0.15, -0.1) is 0 Å². The van der Waals surface area contributed by atoms with E-state index in [4.69, 9.17) is 4.98 Å². The molecule has 0 saturated carbocycles. The van der Waals surface area contributed by atoms with Crippen LogP contribution >= 0.6 is 0 Å². The first-order valence-corrected chi connectivity index (χ1v) is 9.92. The highest BCUT2D eigenvalue weighted by atomic mass is 19.4. The van der Waals surface area contributed by atoms with E-state index >= 15 is 0 Å². The molecule has 1 aliphatic rings. The SMILES string of the molecule is FC(F)(F)c1cccc(C#Cc2c(CN3Cc4ccccc4C3)nc3ccccn23)c1. The van der Waals surface area contributed by atoms with Gasteiger partial charge in [0, 0.05) is 31.4 Å². The van der Waals surface area contributed by atoms with Gasteiger partial charge in [-0.25, -0.2) is 4.98 Å². The zero-order valence-corrected chi connectivity index (χ0v) is 16.5. The smallest absolute Gasteiger partial charge is 0.293 e. The van der Waals surface area contributed by atoms with Crippen molar-refractivity contribution in [3.05, 3.63) is 107 Å². The number of fused-ring (bicyclic) bond motifs is 2. The van der Waals surface area contributed by atoms with Gasteiger partial charge in [-0.3, -0.25) is 9.30 Å². The number of benzene rings is 2. The second-order valence-electron chi connectivity index (χ2n) is 7.58. The summed E-state index contributed by atoms with van der Waals surface area (Å²) in [6, 6.07) is 19.1. The van der Waals surface area contributed by atoms with Crippen LogP contribution in [-0.4, -0.2) is 14.3 Å². The summed E-state index contributed by atoms with van der Waals surface area (Å²) in [5.74, 6) is 5.99. The van der Waals surface area contributed by atoms with Crippen LogP contribution in [0.4, 0.5) is 13.2 Å². The van der Waals surface area contributed by atoms with Gasteiger partial charge in [0.05, 0.1) is 11.3 Å². The summed E-state index contributed by atoms with van der Waals surface area (Å²) in [6.45, 7) is 2.29. The van der Waals surface area contributed by atoms with E-state index in [9.17, 15) is 13.2 Å². The molecule has 3 nitrogen and oxygen atoms in total. The lowest BCUT2D eigenvalue weighted by molar-refractivity contribution is -0.137. The largest absolute Gasteiger partial charge is 0.416 e. The molecule has 0 amide bonds. The molecule has 1 aliphatic heterocycles. The minimum atomic E-state index is -4.39. The van der Waals surface area contributed by atoms with Crippen molar-refractivity contribution in [1.29, 1.82) is 0 Å². The van der Waals surface area contributed by atoms with E-state index in [0.29, 0.717) is 17.8 Å². The van der Waals surface area contributed by atoms with E-state index in [1.54, 1.807) is 6.07 Å². The van der Waals surface area contributed by atoms with Crippen LogP contribution in [0, 0.1) is 11.8 Å². The average molecular weight is 417 g/mol. The van der Waals surface area contributed by atoms with Gasteiger partial charge in [0.15, 0.2) is 0 Å². The molecular formula is C25H18F3N3. The third kappa shape index (κ3) is 3.92. The Kier molecular flexibility index (Phi) is 4.76. The monoisotopic (exact) mass is 417 g/mol. The fourth-order valence-electron chi connectivity index (χ4n) is 3.92. The first-order chi connectivity index (χ1) is 15.0.